The molecule has 0 aromatic carbocycles. The van der Waals surface area contributed by atoms with Crippen molar-refractivity contribution in [3.63, 3.8) is 0 Å². The van der Waals surface area contributed by atoms with Crippen molar-refractivity contribution in [2.24, 2.45) is 0 Å². The number of esters is 1. The van der Waals surface area contributed by atoms with Gasteiger partial charge in [0.1, 0.15) is 5.01 Å². The first kappa shape index (κ1) is 11.9. The minimum atomic E-state index is -0.451. The smallest absolute Gasteiger partial charge is 0.375 e. The fourth-order valence-electron chi connectivity index (χ4n) is 1.41. The van der Waals surface area contributed by atoms with Crippen LogP contribution in [0.5, 0.6) is 0 Å². The van der Waals surface area contributed by atoms with Crippen LogP contribution in [-0.2, 0) is 4.74 Å². The number of carbonyl (C=O) groups excluding carboxylic acids is 1. The van der Waals surface area contributed by atoms with Gasteiger partial charge in [-0.1, -0.05) is 0 Å². The largest absolute Gasteiger partial charge is 0.457 e. The molecule has 4 nitrogen and oxygen atoms in total. The van der Waals surface area contributed by atoms with Crippen molar-refractivity contribution in [1.82, 2.24) is 4.98 Å². The first-order chi connectivity index (χ1) is 8.08. The second-order valence-electron chi connectivity index (χ2n) is 3.81. The molecule has 0 amide bonds. The number of thiazole rings is 1. The summed E-state index contributed by atoms with van der Waals surface area (Å²) in [5.74, 6) is -0.196. The molecule has 0 unspecified atom stereocenters. The molecular formula is C12H13NO3S. The highest BCUT2D eigenvalue weighted by Crippen LogP contribution is 2.23. The molecule has 0 aliphatic rings. The Kier molecular flexibility index (Phi) is 3.28. The van der Waals surface area contributed by atoms with E-state index in [1.165, 1.54) is 17.6 Å². The molecule has 2 aromatic rings. The van der Waals surface area contributed by atoms with Gasteiger partial charge in [-0.15, -0.1) is 11.3 Å². The normalized spacial score (nSPS) is 12.4. The van der Waals surface area contributed by atoms with Crippen LogP contribution in [0.25, 0.3) is 0 Å². The molecule has 90 valence electrons. The van der Waals surface area contributed by atoms with Gasteiger partial charge in [0, 0.05) is 16.6 Å². The lowest BCUT2D eigenvalue weighted by Crippen LogP contribution is -2.09. The minimum absolute atomic E-state index is 0.255. The third kappa shape index (κ3) is 2.55. The molecule has 2 aromatic heterocycles. The van der Waals surface area contributed by atoms with Crippen molar-refractivity contribution in [2.75, 3.05) is 0 Å². The van der Waals surface area contributed by atoms with Crippen LogP contribution in [-0.4, -0.2) is 11.0 Å². The van der Waals surface area contributed by atoms with Crippen LogP contribution in [0.2, 0.25) is 0 Å². The Hall–Kier alpha value is -1.62. The zero-order chi connectivity index (χ0) is 12.4. The van der Waals surface area contributed by atoms with Crippen LogP contribution in [0.3, 0.4) is 0 Å². The van der Waals surface area contributed by atoms with Crippen molar-refractivity contribution < 1.29 is 13.9 Å². The first-order valence-corrected chi connectivity index (χ1v) is 6.13. The van der Waals surface area contributed by atoms with E-state index in [1.807, 2.05) is 12.3 Å². The molecule has 0 aliphatic heterocycles. The van der Waals surface area contributed by atoms with Crippen LogP contribution in [0.1, 0.15) is 39.8 Å². The minimum Gasteiger partial charge on any atom is -0.457 e. The van der Waals surface area contributed by atoms with Gasteiger partial charge in [0.15, 0.2) is 6.10 Å². The number of carbonyl (C=O) groups is 1. The van der Waals surface area contributed by atoms with Crippen molar-refractivity contribution in [2.45, 2.75) is 26.9 Å². The summed E-state index contributed by atoms with van der Waals surface area (Å²) in [5.41, 5.74) is 1.71. The third-order valence-electron chi connectivity index (χ3n) is 2.32. The Labute approximate surface area is 103 Å². The summed E-state index contributed by atoms with van der Waals surface area (Å²) in [4.78, 5) is 16.1. The predicted molar refractivity (Wildman–Crippen MR) is 64.1 cm³/mol. The van der Waals surface area contributed by atoms with Gasteiger partial charge in [0.05, 0.1) is 6.26 Å². The second-order valence-corrected chi connectivity index (χ2v) is 4.70. The maximum Gasteiger partial charge on any atom is 0.375 e. The Morgan fingerprint density at radius 2 is 2.29 bits per heavy atom. The van der Waals surface area contributed by atoms with E-state index in [4.69, 9.17) is 9.15 Å². The number of hydrogen-bond donors (Lipinski definition) is 0. The van der Waals surface area contributed by atoms with Crippen LogP contribution in [0, 0.1) is 13.8 Å². The molecule has 0 radical (unpaired) electrons. The zero-order valence-electron chi connectivity index (χ0n) is 9.89. The molecule has 0 spiro atoms. The molecule has 0 N–H and O–H groups in total. The van der Waals surface area contributed by atoms with E-state index in [2.05, 4.69) is 4.98 Å². The highest BCUT2D eigenvalue weighted by atomic mass is 32.1. The molecule has 0 saturated carbocycles. The van der Waals surface area contributed by atoms with Crippen molar-refractivity contribution in [3.05, 3.63) is 39.7 Å². The SMILES string of the molecule is Cc1csc([C@H](C)OC(=O)c2occc2C)n1. The lowest BCUT2D eigenvalue weighted by molar-refractivity contribution is 0.0299. The van der Waals surface area contributed by atoms with Crippen LogP contribution in [0.4, 0.5) is 0 Å². The maximum atomic E-state index is 11.8. The van der Waals surface area contributed by atoms with E-state index in [0.29, 0.717) is 0 Å². The number of furan rings is 1. The molecular weight excluding hydrogens is 238 g/mol. The van der Waals surface area contributed by atoms with Crippen molar-refractivity contribution in [3.8, 4) is 0 Å². The first-order valence-electron chi connectivity index (χ1n) is 5.25. The molecule has 17 heavy (non-hydrogen) atoms. The number of nitrogens with zero attached hydrogens (tertiary/aromatic N) is 1. The van der Waals surface area contributed by atoms with E-state index >= 15 is 0 Å². The average molecular weight is 251 g/mol. The molecule has 2 heterocycles. The lowest BCUT2D eigenvalue weighted by atomic mass is 10.3. The van der Waals surface area contributed by atoms with E-state index in [0.717, 1.165) is 16.3 Å². The fraction of sp³-hybridized carbons (Fsp3) is 0.333. The van der Waals surface area contributed by atoms with Gasteiger partial charge in [-0.2, -0.15) is 0 Å². The zero-order valence-corrected chi connectivity index (χ0v) is 10.7. The quantitative estimate of drug-likeness (QED) is 0.785. The maximum absolute atomic E-state index is 11.8. The van der Waals surface area contributed by atoms with Crippen LogP contribution >= 0.6 is 11.3 Å². The van der Waals surface area contributed by atoms with E-state index in [-0.39, 0.29) is 11.9 Å². The number of rotatable bonds is 3. The summed E-state index contributed by atoms with van der Waals surface area (Å²) in [6.45, 7) is 5.51. The average Bonchev–Trinajstić information content (AvgIpc) is 2.86. The van der Waals surface area contributed by atoms with Gasteiger partial charge in [0.25, 0.3) is 0 Å². The van der Waals surface area contributed by atoms with Gasteiger partial charge < -0.3 is 9.15 Å². The Morgan fingerprint density at radius 3 is 2.82 bits per heavy atom. The summed E-state index contributed by atoms with van der Waals surface area (Å²) in [6, 6.07) is 1.73. The van der Waals surface area contributed by atoms with Crippen molar-refractivity contribution >= 4 is 17.3 Å². The summed E-state index contributed by atoms with van der Waals surface area (Å²) < 4.78 is 10.4. The van der Waals surface area contributed by atoms with Gasteiger partial charge in [-0.25, -0.2) is 9.78 Å². The number of hydrogen-bond acceptors (Lipinski definition) is 5. The van der Waals surface area contributed by atoms with Crippen LogP contribution in [0.15, 0.2) is 22.1 Å². The molecule has 2 rings (SSSR count). The lowest BCUT2D eigenvalue weighted by Gasteiger charge is -2.09. The number of aromatic nitrogens is 1. The third-order valence-corrected chi connectivity index (χ3v) is 3.44. The fourth-order valence-corrected chi connectivity index (χ4v) is 2.19. The molecule has 1 atom stereocenters. The number of ether oxygens (including phenoxy) is 1. The standard InChI is InChI=1S/C12H13NO3S/c1-7-4-5-15-10(7)12(14)16-9(3)11-13-8(2)6-17-11/h4-6,9H,1-3H3/t9-/m0/s1. The van der Waals surface area contributed by atoms with E-state index in [9.17, 15) is 4.79 Å². The van der Waals surface area contributed by atoms with Gasteiger partial charge >= 0.3 is 5.97 Å². The van der Waals surface area contributed by atoms with Gasteiger partial charge in [-0.3, -0.25) is 0 Å². The summed E-state index contributed by atoms with van der Waals surface area (Å²) >= 11 is 1.48. The highest BCUT2D eigenvalue weighted by Gasteiger charge is 2.19. The molecule has 0 fully saturated rings. The highest BCUT2D eigenvalue weighted by molar-refractivity contribution is 7.09. The van der Waals surface area contributed by atoms with E-state index < -0.39 is 5.97 Å². The molecule has 5 heteroatoms. The second kappa shape index (κ2) is 4.71. The molecule has 0 saturated heterocycles. The monoisotopic (exact) mass is 251 g/mol. The van der Waals surface area contributed by atoms with E-state index in [1.54, 1.807) is 19.9 Å². The van der Waals surface area contributed by atoms with Gasteiger partial charge in [-0.05, 0) is 26.8 Å². The van der Waals surface area contributed by atoms with Crippen molar-refractivity contribution in [1.29, 1.82) is 0 Å². The summed E-state index contributed by atoms with van der Waals surface area (Å²) in [7, 11) is 0. The summed E-state index contributed by atoms with van der Waals surface area (Å²) in [6.07, 6.45) is 1.12. The van der Waals surface area contributed by atoms with Crippen LogP contribution < -0.4 is 0 Å². The summed E-state index contributed by atoms with van der Waals surface area (Å²) in [5, 5.41) is 2.72. The van der Waals surface area contributed by atoms with Gasteiger partial charge in [0.2, 0.25) is 5.76 Å². The Balaban J connectivity index is 2.07. The predicted octanol–water partition coefficient (Wildman–Crippen LogP) is 3.27. The topological polar surface area (TPSA) is 52.3 Å². The number of aryl methyl sites for hydroxylation is 2. The molecule has 0 bridgehead atoms. The Bertz CT molecular complexity index is 529. The molecule has 0 aliphatic carbocycles. The Morgan fingerprint density at radius 1 is 1.53 bits per heavy atom.